The maximum atomic E-state index is 10.3. The van der Waals surface area contributed by atoms with Crippen LogP contribution < -0.4 is 56.7 Å². The molecule has 0 saturated heterocycles. The predicted molar refractivity (Wildman–Crippen MR) is 49.0 cm³/mol. The van der Waals surface area contributed by atoms with Gasteiger partial charge in [0, 0.05) is 6.04 Å². The maximum Gasteiger partial charge on any atom is 1.00 e. The fourth-order valence-electron chi connectivity index (χ4n) is 0.559. The molecule has 0 aliphatic rings. The fourth-order valence-corrected chi connectivity index (χ4v) is 1.68. The molecule has 0 heterocycles. The zero-order valence-corrected chi connectivity index (χ0v) is 12.3. The Kier molecular flexibility index (Phi) is 9.41. The van der Waals surface area contributed by atoms with E-state index in [9.17, 15) is 8.42 Å². The molecule has 12 heavy (non-hydrogen) atoms. The summed E-state index contributed by atoms with van der Waals surface area (Å²) in [6, 6.07) is -0.449. The van der Waals surface area contributed by atoms with Crippen molar-refractivity contribution in [3.05, 3.63) is 0 Å². The first-order chi connectivity index (χ1) is 4.81. The predicted octanol–water partition coefficient (Wildman–Crippen LogP) is -3.31. The normalized spacial score (nSPS) is 12.8. The van der Waals surface area contributed by atoms with Gasteiger partial charge in [0.15, 0.2) is 0 Å². The third-order valence-electron chi connectivity index (χ3n) is 0.825. The molecule has 1 atom stereocenters. The van der Waals surface area contributed by atoms with Gasteiger partial charge in [0.05, 0.1) is 5.75 Å². The molecule has 66 valence electrons. The van der Waals surface area contributed by atoms with Crippen molar-refractivity contribution in [3.8, 4) is 0 Å². The van der Waals surface area contributed by atoms with Gasteiger partial charge in [-0.1, -0.05) is 4.32 Å². The summed E-state index contributed by atoms with van der Waals surface area (Å²) in [5, 5.41) is 2.51. The third-order valence-corrected chi connectivity index (χ3v) is 1.98. The van der Waals surface area contributed by atoms with Crippen LogP contribution >= 0.6 is 12.2 Å². The second-order valence-electron chi connectivity index (χ2n) is 2.08. The van der Waals surface area contributed by atoms with Gasteiger partial charge < -0.3 is 30.2 Å². The minimum atomic E-state index is -3.94. The molecule has 0 rings (SSSR count). The van der Waals surface area contributed by atoms with Crippen LogP contribution in [0.5, 0.6) is 0 Å². The Balaban J connectivity index is 0. The Morgan fingerprint density at radius 2 is 2.17 bits per heavy atom. The second-order valence-corrected chi connectivity index (χ2v) is 4.65. The van der Waals surface area contributed by atoms with Crippen molar-refractivity contribution < 1.29 is 64.4 Å². The van der Waals surface area contributed by atoms with E-state index in [4.69, 9.17) is 4.55 Å². The van der Waals surface area contributed by atoms with Crippen LogP contribution in [0.25, 0.3) is 0 Å². The SMILES string of the molecule is CC(CS(=O)(=O)O)NC(=S)[S-].[K+]. The number of thiocarbonyl (C=S) groups is 1. The summed E-state index contributed by atoms with van der Waals surface area (Å²) in [6.45, 7) is 1.56. The number of rotatable bonds is 3. The summed E-state index contributed by atoms with van der Waals surface area (Å²) in [5.41, 5.74) is 0. The summed E-state index contributed by atoms with van der Waals surface area (Å²) in [4.78, 5) is 0. The molecule has 0 aromatic rings. The largest absolute Gasteiger partial charge is 1.00 e. The quantitative estimate of drug-likeness (QED) is 0.238. The average Bonchev–Trinajstić information content (AvgIpc) is 1.53. The smallest absolute Gasteiger partial charge is 0.412 e. The van der Waals surface area contributed by atoms with E-state index in [1.807, 2.05) is 0 Å². The molecule has 4 nitrogen and oxygen atoms in total. The molecule has 0 aliphatic carbocycles. The summed E-state index contributed by atoms with van der Waals surface area (Å²) in [7, 11) is -3.94. The van der Waals surface area contributed by atoms with E-state index in [1.165, 1.54) is 0 Å². The summed E-state index contributed by atoms with van der Waals surface area (Å²) < 4.78 is 29.0. The van der Waals surface area contributed by atoms with Crippen molar-refractivity contribution >= 4 is 39.3 Å². The van der Waals surface area contributed by atoms with Crippen LogP contribution in [0.1, 0.15) is 6.92 Å². The van der Waals surface area contributed by atoms with Crippen molar-refractivity contribution in [2.24, 2.45) is 0 Å². The van der Waals surface area contributed by atoms with Crippen LogP contribution in [0, 0.1) is 0 Å². The van der Waals surface area contributed by atoms with Crippen molar-refractivity contribution in [2.45, 2.75) is 13.0 Å². The van der Waals surface area contributed by atoms with Crippen molar-refractivity contribution in [1.29, 1.82) is 0 Å². The monoisotopic (exact) mass is 253 g/mol. The van der Waals surface area contributed by atoms with E-state index in [0.29, 0.717) is 0 Å². The molecule has 0 amide bonds. The number of nitrogens with one attached hydrogen (secondary N) is 1. The summed E-state index contributed by atoms with van der Waals surface area (Å²) in [6.07, 6.45) is 0. The zero-order valence-electron chi connectivity index (χ0n) is 6.77. The molecule has 1 unspecified atom stereocenters. The topological polar surface area (TPSA) is 66.4 Å². The van der Waals surface area contributed by atoms with Crippen LogP contribution in [-0.4, -0.2) is 29.1 Å². The Bertz CT molecular complexity index is 240. The average molecular weight is 253 g/mol. The molecule has 0 radical (unpaired) electrons. The van der Waals surface area contributed by atoms with E-state index in [0.717, 1.165) is 0 Å². The molecule has 0 saturated carbocycles. The van der Waals surface area contributed by atoms with Crippen LogP contribution in [0.2, 0.25) is 0 Å². The van der Waals surface area contributed by atoms with Gasteiger partial charge in [-0.15, -0.1) is 0 Å². The molecule has 0 bridgehead atoms. The standard InChI is InChI=1S/C4H9NO3S3.K/c1-3(5-4(9)10)2-11(6,7)8;/h3H,2H2,1H3,(H2,5,9,10)(H,6,7,8);/q;+1/p-1. The molecule has 2 N–H and O–H groups in total. The molecule has 0 aromatic heterocycles. The zero-order chi connectivity index (χ0) is 9.07. The first-order valence-corrected chi connectivity index (χ1v) is 5.16. The molecule has 0 aliphatic heterocycles. The van der Waals surface area contributed by atoms with Gasteiger partial charge >= 0.3 is 51.4 Å². The van der Waals surface area contributed by atoms with Crippen LogP contribution in [0.3, 0.4) is 0 Å². The first kappa shape index (κ1) is 16.1. The maximum absolute atomic E-state index is 10.3. The van der Waals surface area contributed by atoms with Crippen molar-refractivity contribution in [3.63, 3.8) is 0 Å². The molecular weight excluding hydrogens is 245 g/mol. The van der Waals surface area contributed by atoms with Crippen LogP contribution in [-0.2, 0) is 22.7 Å². The molecule has 0 spiro atoms. The fraction of sp³-hybridized carbons (Fsp3) is 0.750. The van der Waals surface area contributed by atoms with Gasteiger partial charge in [-0.25, -0.2) is 0 Å². The van der Waals surface area contributed by atoms with Gasteiger partial charge in [0.25, 0.3) is 10.1 Å². The Morgan fingerprint density at radius 1 is 1.75 bits per heavy atom. The Hall–Kier alpha value is 1.66. The molecule has 0 aromatic carbocycles. The summed E-state index contributed by atoms with van der Waals surface area (Å²) in [5.74, 6) is -0.385. The van der Waals surface area contributed by atoms with E-state index < -0.39 is 16.2 Å². The third kappa shape index (κ3) is 11.7. The first-order valence-electron chi connectivity index (χ1n) is 2.74. The van der Waals surface area contributed by atoms with Gasteiger partial charge in [0.1, 0.15) is 0 Å². The second kappa shape index (κ2) is 7.02. The van der Waals surface area contributed by atoms with Crippen LogP contribution in [0.15, 0.2) is 0 Å². The van der Waals surface area contributed by atoms with E-state index in [2.05, 4.69) is 30.2 Å². The number of hydrogen-bond donors (Lipinski definition) is 2. The minimum Gasteiger partial charge on any atom is -0.412 e. The Morgan fingerprint density at radius 3 is 2.42 bits per heavy atom. The van der Waals surface area contributed by atoms with Gasteiger partial charge in [0.2, 0.25) is 0 Å². The van der Waals surface area contributed by atoms with Crippen molar-refractivity contribution in [2.75, 3.05) is 5.75 Å². The van der Waals surface area contributed by atoms with E-state index >= 15 is 0 Å². The minimum absolute atomic E-state index is 0. The van der Waals surface area contributed by atoms with Crippen molar-refractivity contribution in [1.82, 2.24) is 5.32 Å². The molecule has 8 heteroatoms. The number of hydrogen-bond acceptors (Lipinski definition) is 4. The molecular formula is C4H8KNO3S3. The van der Waals surface area contributed by atoms with Gasteiger partial charge in [-0.3, -0.25) is 4.55 Å². The summed E-state index contributed by atoms with van der Waals surface area (Å²) >= 11 is 8.98. The van der Waals surface area contributed by atoms with Crippen LogP contribution in [0.4, 0.5) is 0 Å². The molecule has 0 fully saturated rings. The van der Waals surface area contributed by atoms with E-state index in [1.54, 1.807) is 6.92 Å². The van der Waals surface area contributed by atoms with E-state index in [-0.39, 0.29) is 61.5 Å². The van der Waals surface area contributed by atoms with Gasteiger partial charge in [-0.05, 0) is 6.92 Å². The van der Waals surface area contributed by atoms with Gasteiger partial charge in [-0.2, -0.15) is 8.42 Å². The Labute approximate surface area is 125 Å².